The predicted octanol–water partition coefficient (Wildman–Crippen LogP) is 3.54. The second-order valence-electron chi connectivity index (χ2n) is 5.03. The van der Waals surface area contributed by atoms with E-state index in [1.807, 2.05) is 0 Å². The van der Waals surface area contributed by atoms with Crippen molar-refractivity contribution < 1.29 is 18.0 Å². The van der Waals surface area contributed by atoms with E-state index in [4.69, 9.17) is 0 Å². The van der Waals surface area contributed by atoms with Crippen molar-refractivity contribution in [3.05, 3.63) is 35.4 Å². The lowest BCUT2D eigenvalue weighted by Gasteiger charge is -2.10. The minimum Gasteiger partial charge on any atom is -0.355 e. The Kier molecular flexibility index (Phi) is 4.73. The number of carbonyl (C=O) groups excluding carboxylic acids is 1. The molecule has 0 bridgehead atoms. The van der Waals surface area contributed by atoms with Gasteiger partial charge in [0.05, 0.1) is 12.0 Å². The van der Waals surface area contributed by atoms with Crippen LogP contribution in [0.25, 0.3) is 0 Å². The van der Waals surface area contributed by atoms with Crippen LogP contribution >= 0.6 is 15.9 Å². The summed E-state index contributed by atoms with van der Waals surface area (Å²) in [5.74, 6) is 0.469. The normalized spacial score (nSPS) is 16.8. The van der Waals surface area contributed by atoms with Gasteiger partial charge in [-0.15, -0.1) is 0 Å². The van der Waals surface area contributed by atoms with Gasteiger partial charge in [-0.2, -0.15) is 13.2 Å². The molecule has 1 unspecified atom stereocenters. The van der Waals surface area contributed by atoms with Gasteiger partial charge in [0.15, 0.2) is 0 Å². The summed E-state index contributed by atoms with van der Waals surface area (Å²) in [5.41, 5.74) is -0.121. The fourth-order valence-corrected chi connectivity index (χ4v) is 2.59. The minimum absolute atomic E-state index is 0.0997. The van der Waals surface area contributed by atoms with Crippen LogP contribution in [0.2, 0.25) is 0 Å². The number of halogens is 4. The molecule has 1 amide bonds. The summed E-state index contributed by atoms with van der Waals surface area (Å²) in [4.78, 5) is 12.0. The molecule has 20 heavy (non-hydrogen) atoms. The summed E-state index contributed by atoms with van der Waals surface area (Å²) in [6, 6.07) is 4.68. The Morgan fingerprint density at radius 2 is 1.90 bits per heavy atom. The first-order valence-corrected chi connectivity index (χ1v) is 7.35. The van der Waals surface area contributed by atoms with E-state index in [2.05, 4.69) is 21.2 Å². The third kappa shape index (κ3) is 4.51. The van der Waals surface area contributed by atoms with Gasteiger partial charge in [-0.3, -0.25) is 4.79 Å². The van der Waals surface area contributed by atoms with Crippen molar-refractivity contribution in [1.29, 1.82) is 0 Å². The number of benzene rings is 1. The molecule has 2 nitrogen and oxygen atoms in total. The molecule has 0 radical (unpaired) electrons. The Morgan fingerprint density at radius 1 is 1.30 bits per heavy atom. The Morgan fingerprint density at radius 3 is 2.40 bits per heavy atom. The average molecular weight is 350 g/mol. The van der Waals surface area contributed by atoms with E-state index >= 15 is 0 Å². The summed E-state index contributed by atoms with van der Waals surface area (Å²) in [6.07, 6.45) is -1.87. The van der Waals surface area contributed by atoms with Gasteiger partial charge < -0.3 is 5.32 Å². The molecule has 0 aromatic heterocycles. The zero-order chi connectivity index (χ0) is 14.8. The van der Waals surface area contributed by atoms with Gasteiger partial charge in [-0.25, -0.2) is 0 Å². The van der Waals surface area contributed by atoms with Crippen molar-refractivity contribution in [2.45, 2.75) is 30.3 Å². The average Bonchev–Trinajstić information content (AvgIpc) is 3.20. The molecular weight excluding hydrogens is 335 g/mol. The highest BCUT2D eigenvalue weighted by molar-refractivity contribution is 9.09. The number of nitrogens with one attached hydrogen (secondary N) is 1. The molecule has 1 fully saturated rings. The summed E-state index contributed by atoms with van der Waals surface area (Å²) >= 11 is 3.51. The largest absolute Gasteiger partial charge is 0.416 e. The zero-order valence-electron chi connectivity index (χ0n) is 10.7. The van der Waals surface area contributed by atoms with Gasteiger partial charge in [0.25, 0.3) is 0 Å². The van der Waals surface area contributed by atoms with Crippen molar-refractivity contribution in [1.82, 2.24) is 5.32 Å². The van der Waals surface area contributed by atoms with E-state index in [0.29, 0.717) is 22.9 Å². The number of carbonyl (C=O) groups is 1. The molecule has 1 atom stereocenters. The van der Waals surface area contributed by atoms with Gasteiger partial charge in [0.2, 0.25) is 5.91 Å². The quantitative estimate of drug-likeness (QED) is 0.809. The Balaban J connectivity index is 1.81. The van der Waals surface area contributed by atoms with E-state index in [1.165, 1.54) is 25.0 Å². The van der Waals surface area contributed by atoms with Crippen molar-refractivity contribution in [3.63, 3.8) is 0 Å². The number of amides is 1. The van der Waals surface area contributed by atoms with Gasteiger partial charge in [-0.1, -0.05) is 28.1 Å². The standard InChI is InChI=1S/C14H15BrF3NO/c15-12(10-3-4-10)8-19-13(20)7-9-1-5-11(6-2-9)14(16,17)18/h1-2,5-6,10,12H,3-4,7-8H2,(H,19,20). The van der Waals surface area contributed by atoms with Crippen LogP contribution in [0.15, 0.2) is 24.3 Å². The lowest BCUT2D eigenvalue weighted by Crippen LogP contribution is -2.31. The van der Waals surface area contributed by atoms with Gasteiger partial charge in [-0.05, 0) is 36.5 Å². The van der Waals surface area contributed by atoms with Gasteiger partial charge in [0, 0.05) is 11.4 Å². The molecule has 1 aromatic rings. The van der Waals surface area contributed by atoms with E-state index in [-0.39, 0.29) is 12.3 Å². The highest BCUT2D eigenvalue weighted by Crippen LogP contribution is 2.36. The summed E-state index contributed by atoms with van der Waals surface area (Å²) < 4.78 is 37.2. The van der Waals surface area contributed by atoms with Crippen molar-refractivity contribution in [2.24, 2.45) is 5.92 Å². The predicted molar refractivity (Wildman–Crippen MR) is 73.6 cm³/mol. The fraction of sp³-hybridized carbons (Fsp3) is 0.500. The zero-order valence-corrected chi connectivity index (χ0v) is 12.3. The monoisotopic (exact) mass is 349 g/mol. The van der Waals surface area contributed by atoms with Crippen LogP contribution in [0.1, 0.15) is 24.0 Å². The number of hydrogen-bond acceptors (Lipinski definition) is 1. The second-order valence-corrected chi connectivity index (χ2v) is 6.21. The molecule has 6 heteroatoms. The van der Waals surface area contributed by atoms with Crippen LogP contribution in [0, 0.1) is 5.92 Å². The van der Waals surface area contributed by atoms with Crippen LogP contribution in [0.4, 0.5) is 13.2 Å². The highest BCUT2D eigenvalue weighted by atomic mass is 79.9. The second kappa shape index (κ2) is 6.16. The summed E-state index contributed by atoms with van der Waals surface area (Å²) in [7, 11) is 0. The van der Waals surface area contributed by atoms with Crippen molar-refractivity contribution in [3.8, 4) is 0 Å². The maximum Gasteiger partial charge on any atom is 0.416 e. The van der Waals surface area contributed by atoms with Crippen LogP contribution in [0.3, 0.4) is 0 Å². The van der Waals surface area contributed by atoms with Crippen molar-refractivity contribution >= 4 is 21.8 Å². The third-order valence-corrected chi connectivity index (χ3v) is 4.35. The van der Waals surface area contributed by atoms with Gasteiger partial charge in [0.1, 0.15) is 0 Å². The molecule has 110 valence electrons. The van der Waals surface area contributed by atoms with E-state index in [0.717, 1.165) is 12.1 Å². The molecule has 0 spiro atoms. The maximum atomic E-state index is 12.4. The van der Waals surface area contributed by atoms with Gasteiger partial charge >= 0.3 is 6.18 Å². The van der Waals surface area contributed by atoms with Crippen molar-refractivity contribution in [2.75, 3.05) is 6.54 Å². The first-order valence-electron chi connectivity index (χ1n) is 6.43. The van der Waals surface area contributed by atoms with Crippen LogP contribution in [-0.2, 0) is 17.4 Å². The molecule has 1 N–H and O–H groups in total. The third-order valence-electron chi connectivity index (χ3n) is 3.27. The van der Waals surface area contributed by atoms with Crippen LogP contribution < -0.4 is 5.32 Å². The highest BCUT2D eigenvalue weighted by Gasteiger charge is 2.30. The SMILES string of the molecule is O=C(Cc1ccc(C(F)(F)F)cc1)NCC(Br)C1CC1. The Bertz CT molecular complexity index is 468. The molecule has 1 aromatic carbocycles. The summed E-state index contributed by atoms with van der Waals surface area (Å²) in [6.45, 7) is 0.560. The lowest BCUT2D eigenvalue weighted by atomic mass is 10.1. The fourth-order valence-electron chi connectivity index (χ4n) is 1.90. The molecule has 0 aliphatic heterocycles. The first-order chi connectivity index (χ1) is 9.36. The minimum atomic E-state index is -4.34. The molecule has 1 saturated carbocycles. The molecule has 1 aliphatic carbocycles. The molecule has 0 saturated heterocycles. The van der Waals surface area contributed by atoms with Crippen LogP contribution in [0.5, 0.6) is 0 Å². The molecular formula is C14H15BrF3NO. The number of hydrogen-bond donors (Lipinski definition) is 1. The molecule has 2 rings (SSSR count). The van der Waals surface area contributed by atoms with E-state index < -0.39 is 11.7 Å². The molecule has 1 aliphatic rings. The van der Waals surface area contributed by atoms with E-state index in [9.17, 15) is 18.0 Å². The topological polar surface area (TPSA) is 29.1 Å². The number of rotatable bonds is 5. The Hall–Kier alpha value is -1.04. The smallest absolute Gasteiger partial charge is 0.355 e. The summed E-state index contributed by atoms with van der Waals surface area (Å²) in [5, 5.41) is 2.79. The van der Waals surface area contributed by atoms with E-state index in [1.54, 1.807) is 0 Å². The lowest BCUT2D eigenvalue weighted by molar-refractivity contribution is -0.137. The Labute approximate surface area is 123 Å². The molecule has 0 heterocycles. The number of alkyl halides is 4. The maximum absolute atomic E-state index is 12.4. The first kappa shape index (κ1) is 15.4. The van der Waals surface area contributed by atoms with Crippen LogP contribution in [-0.4, -0.2) is 17.3 Å².